The lowest BCUT2D eigenvalue weighted by Crippen LogP contribution is -2.13. The molecule has 2 aromatic carbocycles. The fourth-order valence-corrected chi connectivity index (χ4v) is 2.62. The molecule has 5 heteroatoms. The van der Waals surface area contributed by atoms with E-state index in [9.17, 15) is 14.5 Å². The van der Waals surface area contributed by atoms with Crippen LogP contribution >= 0.6 is 0 Å². The van der Waals surface area contributed by atoms with Crippen molar-refractivity contribution < 1.29 is 9.31 Å². The maximum absolute atomic E-state index is 13.5. The molecule has 0 amide bonds. The largest absolute Gasteiger partial charge is 0.361 e. The molecule has 3 rings (SSSR count). The normalized spacial score (nSPS) is 12.4. The second-order valence-corrected chi connectivity index (χ2v) is 4.91. The molecule has 3 aromatic rings. The standard InChI is InChI=1S/C16H13FN2O2/c17-12-6-7-16-13(8-12)14(9-18-16)15(10-19(20)21)11-4-2-1-3-5-11/h1-9,15,18H,10H2/t15-/m1/s1. The lowest BCUT2D eigenvalue weighted by Gasteiger charge is -2.12. The van der Waals surface area contributed by atoms with Crippen molar-refractivity contribution in [2.75, 3.05) is 6.54 Å². The van der Waals surface area contributed by atoms with Gasteiger partial charge < -0.3 is 4.98 Å². The van der Waals surface area contributed by atoms with E-state index in [0.29, 0.717) is 5.39 Å². The molecule has 0 spiro atoms. The van der Waals surface area contributed by atoms with Gasteiger partial charge in [-0.25, -0.2) is 4.39 Å². The summed E-state index contributed by atoms with van der Waals surface area (Å²) in [5.74, 6) is -0.756. The number of hydrogen-bond donors (Lipinski definition) is 1. The van der Waals surface area contributed by atoms with Gasteiger partial charge in [-0.1, -0.05) is 30.3 Å². The summed E-state index contributed by atoms with van der Waals surface area (Å²) in [7, 11) is 0. The van der Waals surface area contributed by atoms with E-state index in [1.165, 1.54) is 12.1 Å². The minimum Gasteiger partial charge on any atom is -0.361 e. The monoisotopic (exact) mass is 284 g/mol. The first-order valence-corrected chi connectivity index (χ1v) is 6.58. The molecule has 0 saturated heterocycles. The number of fused-ring (bicyclic) bond motifs is 1. The van der Waals surface area contributed by atoms with Crippen LogP contribution in [-0.2, 0) is 0 Å². The summed E-state index contributed by atoms with van der Waals surface area (Å²) in [5, 5.41) is 11.7. The number of rotatable bonds is 4. The van der Waals surface area contributed by atoms with Crippen LogP contribution in [0.4, 0.5) is 4.39 Å². The number of nitrogens with zero attached hydrogens (tertiary/aromatic N) is 1. The maximum Gasteiger partial charge on any atom is 0.214 e. The Balaban J connectivity index is 2.14. The van der Waals surface area contributed by atoms with E-state index in [4.69, 9.17) is 0 Å². The van der Waals surface area contributed by atoms with Gasteiger partial charge in [0.2, 0.25) is 6.54 Å². The average Bonchev–Trinajstić information content (AvgIpc) is 2.88. The molecule has 0 bridgehead atoms. The third kappa shape index (κ3) is 2.63. The lowest BCUT2D eigenvalue weighted by molar-refractivity contribution is -0.481. The van der Waals surface area contributed by atoms with Gasteiger partial charge in [0.1, 0.15) is 5.82 Å². The van der Waals surface area contributed by atoms with Crippen molar-refractivity contribution in [3.63, 3.8) is 0 Å². The lowest BCUT2D eigenvalue weighted by atomic mass is 9.91. The van der Waals surface area contributed by atoms with E-state index in [1.54, 1.807) is 12.3 Å². The van der Waals surface area contributed by atoms with Crippen LogP contribution in [0, 0.1) is 15.9 Å². The Morgan fingerprint density at radius 1 is 1.19 bits per heavy atom. The van der Waals surface area contributed by atoms with E-state index in [2.05, 4.69) is 4.98 Å². The molecule has 4 nitrogen and oxygen atoms in total. The topological polar surface area (TPSA) is 58.9 Å². The highest BCUT2D eigenvalue weighted by Crippen LogP contribution is 2.31. The van der Waals surface area contributed by atoms with Crippen molar-refractivity contribution in [3.8, 4) is 0 Å². The number of benzene rings is 2. The Morgan fingerprint density at radius 3 is 2.67 bits per heavy atom. The molecule has 0 radical (unpaired) electrons. The first-order chi connectivity index (χ1) is 10.1. The molecule has 0 saturated carbocycles. The van der Waals surface area contributed by atoms with Crippen molar-refractivity contribution >= 4 is 10.9 Å². The molecule has 1 atom stereocenters. The van der Waals surface area contributed by atoms with E-state index >= 15 is 0 Å². The van der Waals surface area contributed by atoms with Crippen molar-refractivity contribution in [3.05, 3.63) is 81.8 Å². The van der Waals surface area contributed by atoms with Gasteiger partial charge in [-0.05, 0) is 29.3 Å². The van der Waals surface area contributed by atoms with Crippen LogP contribution in [0.5, 0.6) is 0 Å². The highest BCUT2D eigenvalue weighted by atomic mass is 19.1. The summed E-state index contributed by atoms with van der Waals surface area (Å²) in [5.41, 5.74) is 2.36. The second-order valence-electron chi connectivity index (χ2n) is 4.91. The van der Waals surface area contributed by atoms with Crippen LogP contribution in [0.3, 0.4) is 0 Å². The van der Waals surface area contributed by atoms with Crippen LogP contribution in [0.15, 0.2) is 54.7 Å². The molecule has 21 heavy (non-hydrogen) atoms. The fraction of sp³-hybridized carbons (Fsp3) is 0.125. The Labute approximate surface area is 120 Å². The average molecular weight is 284 g/mol. The molecular weight excluding hydrogens is 271 g/mol. The molecular formula is C16H13FN2O2. The van der Waals surface area contributed by atoms with Crippen LogP contribution in [-0.4, -0.2) is 16.5 Å². The molecule has 1 N–H and O–H groups in total. The molecule has 0 unspecified atom stereocenters. The van der Waals surface area contributed by atoms with E-state index < -0.39 is 5.92 Å². The first kappa shape index (κ1) is 13.3. The molecule has 0 fully saturated rings. The predicted molar refractivity (Wildman–Crippen MR) is 78.4 cm³/mol. The summed E-state index contributed by atoms with van der Waals surface area (Å²) in [6.07, 6.45) is 1.73. The zero-order chi connectivity index (χ0) is 14.8. The molecule has 0 aliphatic heterocycles. The summed E-state index contributed by atoms with van der Waals surface area (Å²) >= 11 is 0. The van der Waals surface area contributed by atoms with Gasteiger partial charge in [0.05, 0.1) is 5.92 Å². The fourth-order valence-electron chi connectivity index (χ4n) is 2.62. The van der Waals surface area contributed by atoms with Gasteiger partial charge in [-0.2, -0.15) is 0 Å². The van der Waals surface area contributed by atoms with Crippen molar-refractivity contribution in [2.45, 2.75) is 5.92 Å². The molecule has 1 aromatic heterocycles. The SMILES string of the molecule is O=[N+]([O-])C[C@H](c1ccccc1)c1c[nH]c2ccc(F)cc12. The van der Waals surface area contributed by atoms with Gasteiger partial charge >= 0.3 is 0 Å². The van der Waals surface area contributed by atoms with E-state index in [-0.39, 0.29) is 17.3 Å². The van der Waals surface area contributed by atoms with Crippen molar-refractivity contribution in [1.82, 2.24) is 4.98 Å². The van der Waals surface area contributed by atoms with Gasteiger partial charge in [0, 0.05) is 22.0 Å². The van der Waals surface area contributed by atoms with Crippen molar-refractivity contribution in [2.24, 2.45) is 0 Å². The van der Waals surface area contributed by atoms with Gasteiger partial charge in [0.15, 0.2) is 0 Å². The zero-order valence-corrected chi connectivity index (χ0v) is 11.1. The quantitative estimate of drug-likeness (QED) is 0.586. The molecule has 0 aliphatic carbocycles. The second kappa shape index (κ2) is 5.36. The first-order valence-electron chi connectivity index (χ1n) is 6.58. The molecule has 0 aliphatic rings. The summed E-state index contributed by atoms with van der Waals surface area (Å²) in [4.78, 5) is 13.7. The zero-order valence-electron chi connectivity index (χ0n) is 11.1. The smallest absolute Gasteiger partial charge is 0.214 e. The van der Waals surface area contributed by atoms with E-state index in [0.717, 1.165) is 16.6 Å². The summed E-state index contributed by atoms with van der Waals surface area (Å²) in [6.45, 7) is -0.229. The van der Waals surface area contributed by atoms with Gasteiger partial charge in [-0.3, -0.25) is 10.1 Å². The van der Waals surface area contributed by atoms with Crippen LogP contribution < -0.4 is 0 Å². The van der Waals surface area contributed by atoms with Gasteiger partial charge in [-0.15, -0.1) is 0 Å². The number of aromatic amines is 1. The minimum atomic E-state index is -0.406. The Hall–Kier alpha value is -2.69. The number of nitrogens with one attached hydrogen (secondary N) is 1. The Kier molecular flexibility index (Phi) is 3.39. The summed E-state index contributed by atoms with van der Waals surface area (Å²) < 4.78 is 13.5. The highest BCUT2D eigenvalue weighted by Gasteiger charge is 2.23. The Morgan fingerprint density at radius 2 is 1.95 bits per heavy atom. The third-order valence-electron chi connectivity index (χ3n) is 3.58. The third-order valence-corrected chi connectivity index (χ3v) is 3.58. The highest BCUT2D eigenvalue weighted by molar-refractivity contribution is 5.84. The number of H-pyrrole nitrogens is 1. The maximum atomic E-state index is 13.5. The van der Waals surface area contributed by atoms with Crippen molar-refractivity contribution in [1.29, 1.82) is 0 Å². The number of halogens is 1. The number of nitro groups is 1. The molecule has 1 heterocycles. The van der Waals surface area contributed by atoms with Gasteiger partial charge in [0.25, 0.3) is 0 Å². The van der Waals surface area contributed by atoms with Crippen LogP contribution in [0.25, 0.3) is 10.9 Å². The van der Waals surface area contributed by atoms with E-state index in [1.807, 2.05) is 30.3 Å². The predicted octanol–water partition coefficient (Wildman–Crippen LogP) is 3.72. The number of hydrogen-bond acceptors (Lipinski definition) is 2. The Bertz CT molecular complexity index is 783. The minimum absolute atomic E-state index is 0.229. The summed E-state index contributed by atoms with van der Waals surface area (Å²) in [6, 6.07) is 13.7. The molecule has 106 valence electrons. The number of aromatic nitrogens is 1. The van der Waals surface area contributed by atoms with Crippen LogP contribution in [0.2, 0.25) is 0 Å². The van der Waals surface area contributed by atoms with Crippen LogP contribution in [0.1, 0.15) is 17.0 Å².